The third-order valence-electron chi connectivity index (χ3n) is 1.87. The molecule has 0 aliphatic heterocycles. The van der Waals surface area contributed by atoms with E-state index in [1.807, 2.05) is 13.1 Å². The molecule has 1 rings (SSSR count). The van der Waals surface area contributed by atoms with Crippen LogP contribution in [0.25, 0.3) is 0 Å². The Morgan fingerprint density at radius 1 is 1.67 bits per heavy atom. The van der Waals surface area contributed by atoms with Gasteiger partial charge in [0.25, 0.3) is 0 Å². The van der Waals surface area contributed by atoms with Crippen LogP contribution in [0, 0.1) is 0 Å². The molecule has 0 atom stereocenters. The number of thiazole rings is 1. The van der Waals surface area contributed by atoms with Crippen LogP contribution in [0.1, 0.15) is 23.5 Å². The van der Waals surface area contributed by atoms with Crippen LogP contribution in [0.5, 0.6) is 0 Å². The molecule has 0 saturated heterocycles. The second-order valence-corrected chi connectivity index (χ2v) is 4.19. The van der Waals surface area contributed by atoms with E-state index in [4.69, 9.17) is 4.74 Å². The molecule has 3 nitrogen and oxygen atoms in total. The van der Waals surface area contributed by atoms with Crippen molar-refractivity contribution in [1.29, 1.82) is 0 Å². The summed E-state index contributed by atoms with van der Waals surface area (Å²) in [6, 6.07) is 0. The molecule has 0 aliphatic carbocycles. The van der Waals surface area contributed by atoms with Gasteiger partial charge in [-0.05, 0) is 19.9 Å². The monoisotopic (exact) mass is 226 g/mol. The summed E-state index contributed by atoms with van der Waals surface area (Å²) in [5, 5.41) is 6.25. The summed E-state index contributed by atoms with van der Waals surface area (Å²) in [4.78, 5) is 4.43. The SMILES string of the molecule is C=CCCCOCc1csc(CNC)n1. The van der Waals surface area contributed by atoms with Gasteiger partial charge in [-0.15, -0.1) is 17.9 Å². The maximum atomic E-state index is 5.49. The highest BCUT2D eigenvalue weighted by Crippen LogP contribution is 2.10. The predicted molar refractivity (Wildman–Crippen MR) is 64.0 cm³/mol. The molecular weight excluding hydrogens is 208 g/mol. The van der Waals surface area contributed by atoms with Gasteiger partial charge in [0.05, 0.1) is 12.3 Å². The first-order valence-corrected chi connectivity index (χ1v) is 6.01. The van der Waals surface area contributed by atoms with Gasteiger partial charge in [0, 0.05) is 18.5 Å². The molecule has 1 heterocycles. The van der Waals surface area contributed by atoms with E-state index in [1.165, 1.54) is 0 Å². The molecular formula is C11H18N2OS. The molecule has 0 unspecified atom stereocenters. The van der Waals surface area contributed by atoms with Crippen LogP contribution in [0.3, 0.4) is 0 Å². The van der Waals surface area contributed by atoms with Crippen molar-refractivity contribution in [3.63, 3.8) is 0 Å². The van der Waals surface area contributed by atoms with E-state index >= 15 is 0 Å². The zero-order valence-corrected chi connectivity index (χ0v) is 9.98. The highest BCUT2D eigenvalue weighted by atomic mass is 32.1. The molecule has 84 valence electrons. The lowest BCUT2D eigenvalue weighted by Gasteiger charge is -1.99. The maximum absolute atomic E-state index is 5.49. The highest BCUT2D eigenvalue weighted by Gasteiger charge is 2.00. The standard InChI is InChI=1S/C11H18N2OS/c1-3-4-5-6-14-8-10-9-15-11(13-10)7-12-2/h3,9,12H,1,4-8H2,2H3. The summed E-state index contributed by atoms with van der Waals surface area (Å²) >= 11 is 1.67. The lowest BCUT2D eigenvalue weighted by Crippen LogP contribution is -2.04. The van der Waals surface area contributed by atoms with E-state index in [-0.39, 0.29) is 0 Å². The molecule has 0 aromatic carbocycles. The smallest absolute Gasteiger partial charge is 0.107 e. The molecule has 0 amide bonds. The van der Waals surface area contributed by atoms with Crippen molar-refractivity contribution in [2.75, 3.05) is 13.7 Å². The van der Waals surface area contributed by atoms with Crippen LogP contribution < -0.4 is 5.32 Å². The van der Waals surface area contributed by atoms with E-state index in [0.717, 1.165) is 36.7 Å². The minimum atomic E-state index is 0.622. The lowest BCUT2D eigenvalue weighted by atomic mass is 10.3. The van der Waals surface area contributed by atoms with Gasteiger partial charge in [0.15, 0.2) is 0 Å². The Labute approximate surface area is 95.2 Å². The van der Waals surface area contributed by atoms with E-state index in [1.54, 1.807) is 11.3 Å². The number of aromatic nitrogens is 1. The van der Waals surface area contributed by atoms with Crippen molar-refractivity contribution < 1.29 is 4.74 Å². The average molecular weight is 226 g/mol. The van der Waals surface area contributed by atoms with Gasteiger partial charge in [-0.3, -0.25) is 0 Å². The number of nitrogens with one attached hydrogen (secondary N) is 1. The molecule has 0 bridgehead atoms. The predicted octanol–water partition coefficient (Wildman–Crippen LogP) is 2.35. The number of rotatable bonds is 8. The number of allylic oxidation sites excluding steroid dienone is 1. The van der Waals surface area contributed by atoms with Crippen molar-refractivity contribution >= 4 is 11.3 Å². The van der Waals surface area contributed by atoms with E-state index in [9.17, 15) is 0 Å². The van der Waals surface area contributed by atoms with Crippen molar-refractivity contribution in [2.45, 2.75) is 26.0 Å². The molecule has 1 N–H and O–H groups in total. The summed E-state index contributed by atoms with van der Waals surface area (Å²) in [5.74, 6) is 0. The lowest BCUT2D eigenvalue weighted by molar-refractivity contribution is 0.117. The van der Waals surface area contributed by atoms with Gasteiger partial charge in [-0.25, -0.2) is 4.98 Å². The van der Waals surface area contributed by atoms with Crippen LogP contribution in [-0.4, -0.2) is 18.6 Å². The molecule has 0 spiro atoms. The second kappa shape index (κ2) is 7.56. The van der Waals surface area contributed by atoms with E-state index in [2.05, 4.69) is 22.3 Å². The Kier molecular flexibility index (Phi) is 6.23. The fourth-order valence-corrected chi connectivity index (χ4v) is 1.94. The molecule has 0 saturated carbocycles. The van der Waals surface area contributed by atoms with Gasteiger partial charge in [-0.1, -0.05) is 6.08 Å². The maximum Gasteiger partial charge on any atom is 0.107 e. The Bertz CT molecular complexity index is 286. The summed E-state index contributed by atoms with van der Waals surface area (Å²) in [6.07, 6.45) is 3.97. The minimum absolute atomic E-state index is 0.622. The Hall–Kier alpha value is -0.710. The second-order valence-electron chi connectivity index (χ2n) is 3.25. The molecule has 0 radical (unpaired) electrons. The number of nitrogens with zero attached hydrogens (tertiary/aromatic N) is 1. The zero-order chi connectivity index (χ0) is 10.9. The zero-order valence-electron chi connectivity index (χ0n) is 9.16. The number of ether oxygens (including phenoxy) is 1. The number of hydrogen-bond donors (Lipinski definition) is 1. The first-order chi connectivity index (χ1) is 7.36. The van der Waals surface area contributed by atoms with Gasteiger partial charge >= 0.3 is 0 Å². The molecule has 0 aliphatic rings. The first kappa shape index (κ1) is 12.4. The molecule has 15 heavy (non-hydrogen) atoms. The minimum Gasteiger partial charge on any atom is -0.375 e. The summed E-state index contributed by atoms with van der Waals surface area (Å²) in [7, 11) is 1.92. The Balaban J connectivity index is 2.16. The largest absolute Gasteiger partial charge is 0.375 e. The highest BCUT2D eigenvalue weighted by molar-refractivity contribution is 7.09. The average Bonchev–Trinajstić information content (AvgIpc) is 2.66. The van der Waals surface area contributed by atoms with Crippen LogP contribution >= 0.6 is 11.3 Å². The molecule has 1 aromatic rings. The third-order valence-corrected chi connectivity index (χ3v) is 2.77. The molecule has 4 heteroatoms. The van der Waals surface area contributed by atoms with Gasteiger partial charge < -0.3 is 10.1 Å². The van der Waals surface area contributed by atoms with Gasteiger partial charge in [0.1, 0.15) is 5.01 Å². The fraction of sp³-hybridized carbons (Fsp3) is 0.545. The van der Waals surface area contributed by atoms with Crippen molar-refractivity contribution in [3.05, 3.63) is 28.7 Å². The van der Waals surface area contributed by atoms with Gasteiger partial charge in [0.2, 0.25) is 0 Å². The third kappa shape index (κ3) is 5.06. The molecule has 0 fully saturated rings. The van der Waals surface area contributed by atoms with E-state index < -0.39 is 0 Å². The quantitative estimate of drug-likeness (QED) is 0.546. The number of unbranched alkanes of at least 4 members (excludes halogenated alkanes) is 1. The summed E-state index contributed by atoms with van der Waals surface area (Å²) < 4.78 is 5.49. The normalized spacial score (nSPS) is 10.5. The van der Waals surface area contributed by atoms with Crippen molar-refractivity contribution in [3.8, 4) is 0 Å². The van der Waals surface area contributed by atoms with Crippen LogP contribution in [-0.2, 0) is 17.9 Å². The van der Waals surface area contributed by atoms with Crippen molar-refractivity contribution in [1.82, 2.24) is 10.3 Å². The summed E-state index contributed by atoms with van der Waals surface area (Å²) in [5.41, 5.74) is 1.03. The van der Waals surface area contributed by atoms with Crippen molar-refractivity contribution in [2.24, 2.45) is 0 Å². The topological polar surface area (TPSA) is 34.1 Å². The van der Waals surface area contributed by atoms with Crippen LogP contribution in [0.4, 0.5) is 0 Å². The first-order valence-electron chi connectivity index (χ1n) is 5.13. The Morgan fingerprint density at radius 3 is 3.27 bits per heavy atom. The van der Waals surface area contributed by atoms with Crippen LogP contribution in [0.15, 0.2) is 18.0 Å². The van der Waals surface area contributed by atoms with Crippen LogP contribution in [0.2, 0.25) is 0 Å². The van der Waals surface area contributed by atoms with Gasteiger partial charge in [-0.2, -0.15) is 0 Å². The number of hydrogen-bond acceptors (Lipinski definition) is 4. The van der Waals surface area contributed by atoms with E-state index in [0.29, 0.717) is 6.61 Å². The Morgan fingerprint density at radius 2 is 2.53 bits per heavy atom. The fourth-order valence-electron chi connectivity index (χ4n) is 1.15. The molecule has 1 aromatic heterocycles. The summed E-state index contributed by atoms with van der Waals surface area (Å²) in [6.45, 7) is 5.91.